The molecule has 0 N–H and O–H groups in total. The Morgan fingerprint density at radius 3 is 2.35 bits per heavy atom. The molecule has 2 aromatic rings. The number of aromatic nitrogens is 2. The smallest absolute Gasteiger partial charge is 0.244 e. The van der Waals surface area contributed by atoms with Crippen LogP contribution in [0.4, 0.5) is 5.82 Å². The summed E-state index contributed by atoms with van der Waals surface area (Å²) < 4.78 is 27.2. The molecule has 2 aromatic heterocycles. The normalized spacial score (nSPS) is 16.7. The van der Waals surface area contributed by atoms with E-state index in [-0.39, 0.29) is 0 Å². The highest BCUT2D eigenvalue weighted by Crippen LogP contribution is 2.28. The van der Waals surface area contributed by atoms with Gasteiger partial charge in [-0.2, -0.15) is 4.31 Å². The Balaban J connectivity index is 1.75. The van der Waals surface area contributed by atoms with Crippen LogP contribution in [0.5, 0.6) is 0 Å². The number of hydrogen-bond acceptors (Lipinski definition) is 6. The summed E-state index contributed by atoms with van der Waals surface area (Å²) in [5, 5.41) is 0. The maximum Gasteiger partial charge on any atom is 0.244 e. The number of aryl methyl sites for hydroxylation is 3. The first-order valence-electron chi connectivity index (χ1n) is 7.49. The van der Waals surface area contributed by atoms with E-state index < -0.39 is 10.0 Å². The van der Waals surface area contributed by atoms with E-state index in [9.17, 15) is 8.42 Å². The molecule has 6 nitrogen and oxygen atoms in total. The molecule has 124 valence electrons. The fourth-order valence-electron chi connectivity index (χ4n) is 2.76. The lowest BCUT2D eigenvalue weighted by Crippen LogP contribution is -2.49. The molecule has 0 bridgehead atoms. The first-order chi connectivity index (χ1) is 10.9. The molecule has 3 heterocycles. The Hall–Kier alpha value is -1.51. The quantitative estimate of drug-likeness (QED) is 0.845. The van der Waals surface area contributed by atoms with Crippen LogP contribution in [0.25, 0.3) is 0 Å². The van der Waals surface area contributed by atoms with Crippen LogP contribution >= 0.6 is 11.3 Å². The highest BCUT2D eigenvalue weighted by molar-refractivity contribution is 7.89. The zero-order valence-corrected chi connectivity index (χ0v) is 15.1. The molecule has 1 aliphatic rings. The zero-order chi connectivity index (χ0) is 16.6. The summed E-state index contributed by atoms with van der Waals surface area (Å²) in [5.74, 6) is 0.810. The minimum atomic E-state index is -3.40. The van der Waals surface area contributed by atoms with E-state index in [4.69, 9.17) is 0 Å². The van der Waals surface area contributed by atoms with E-state index in [0.29, 0.717) is 31.1 Å². The number of piperazine rings is 1. The van der Waals surface area contributed by atoms with Gasteiger partial charge in [-0.3, -0.25) is 4.98 Å². The van der Waals surface area contributed by atoms with Crippen LogP contribution in [0.2, 0.25) is 0 Å². The molecular formula is C15H20N4O2S2. The van der Waals surface area contributed by atoms with E-state index in [0.717, 1.165) is 21.3 Å². The summed E-state index contributed by atoms with van der Waals surface area (Å²) in [6.45, 7) is 7.88. The summed E-state index contributed by atoms with van der Waals surface area (Å²) in [5.41, 5.74) is 0.863. The second kappa shape index (κ2) is 6.18. The Morgan fingerprint density at radius 1 is 1.09 bits per heavy atom. The van der Waals surface area contributed by atoms with Gasteiger partial charge in [-0.05, 0) is 26.8 Å². The van der Waals surface area contributed by atoms with Crippen LogP contribution in [-0.4, -0.2) is 48.9 Å². The minimum Gasteiger partial charge on any atom is -0.353 e. The topological polar surface area (TPSA) is 66.4 Å². The van der Waals surface area contributed by atoms with Crippen LogP contribution in [0.3, 0.4) is 0 Å². The monoisotopic (exact) mass is 352 g/mol. The number of sulfonamides is 1. The second-order valence-electron chi connectivity index (χ2n) is 5.69. The highest BCUT2D eigenvalue weighted by Gasteiger charge is 2.30. The summed E-state index contributed by atoms with van der Waals surface area (Å²) in [4.78, 5) is 13.0. The Bertz CT molecular complexity index is 809. The predicted octanol–water partition coefficient (Wildman–Crippen LogP) is 1.97. The van der Waals surface area contributed by atoms with Crippen molar-refractivity contribution in [2.24, 2.45) is 0 Å². The van der Waals surface area contributed by atoms with Gasteiger partial charge in [0.15, 0.2) is 0 Å². The number of rotatable bonds is 3. The van der Waals surface area contributed by atoms with Gasteiger partial charge in [0, 0.05) is 42.1 Å². The van der Waals surface area contributed by atoms with Crippen LogP contribution < -0.4 is 4.90 Å². The lowest BCUT2D eigenvalue weighted by atomic mass is 10.3. The number of hydrogen-bond donors (Lipinski definition) is 0. The van der Waals surface area contributed by atoms with Crippen molar-refractivity contribution >= 4 is 27.2 Å². The minimum absolute atomic E-state index is 0.448. The molecule has 0 aliphatic carbocycles. The van der Waals surface area contributed by atoms with E-state index in [1.54, 1.807) is 22.8 Å². The predicted molar refractivity (Wildman–Crippen MR) is 91.5 cm³/mol. The van der Waals surface area contributed by atoms with Gasteiger partial charge in [0.2, 0.25) is 10.0 Å². The zero-order valence-electron chi connectivity index (χ0n) is 13.5. The molecule has 3 rings (SSSR count). The molecule has 0 aromatic carbocycles. The highest BCUT2D eigenvalue weighted by atomic mass is 32.2. The average molecular weight is 352 g/mol. The van der Waals surface area contributed by atoms with Gasteiger partial charge in [-0.1, -0.05) is 0 Å². The van der Waals surface area contributed by atoms with Crippen molar-refractivity contribution in [3.05, 3.63) is 33.9 Å². The van der Waals surface area contributed by atoms with Crippen molar-refractivity contribution in [3.8, 4) is 0 Å². The Kier molecular flexibility index (Phi) is 4.39. The van der Waals surface area contributed by atoms with E-state index in [1.807, 2.05) is 20.8 Å². The molecule has 1 aliphatic heterocycles. The summed E-state index contributed by atoms with van der Waals surface area (Å²) in [6.07, 6.45) is 3.44. The van der Waals surface area contributed by atoms with Gasteiger partial charge in [0.25, 0.3) is 0 Å². The van der Waals surface area contributed by atoms with Crippen molar-refractivity contribution in [1.29, 1.82) is 0 Å². The second-order valence-corrected chi connectivity index (χ2v) is 9.05. The molecule has 1 saturated heterocycles. The average Bonchev–Trinajstić information content (AvgIpc) is 2.87. The molecule has 0 radical (unpaired) electrons. The fraction of sp³-hybridized carbons (Fsp3) is 0.467. The maximum absolute atomic E-state index is 12.8. The van der Waals surface area contributed by atoms with Crippen molar-refractivity contribution in [1.82, 2.24) is 14.3 Å². The van der Waals surface area contributed by atoms with E-state index in [2.05, 4.69) is 14.9 Å². The third kappa shape index (κ3) is 3.24. The van der Waals surface area contributed by atoms with Gasteiger partial charge >= 0.3 is 0 Å². The van der Waals surface area contributed by atoms with Crippen LogP contribution in [0.15, 0.2) is 23.4 Å². The Labute approximate surface area is 140 Å². The molecule has 0 amide bonds. The molecular weight excluding hydrogens is 332 g/mol. The summed E-state index contributed by atoms with van der Waals surface area (Å²) in [6, 6.07) is 1.77. The molecule has 0 unspecified atom stereocenters. The van der Waals surface area contributed by atoms with E-state index in [1.165, 1.54) is 11.3 Å². The first-order valence-corrected chi connectivity index (χ1v) is 9.74. The fourth-order valence-corrected chi connectivity index (χ4v) is 5.71. The summed E-state index contributed by atoms with van der Waals surface area (Å²) in [7, 11) is -3.40. The van der Waals surface area contributed by atoms with Gasteiger partial charge in [-0.25, -0.2) is 13.4 Å². The van der Waals surface area contributed by atoms with Crippen LogP contribution in [-0.2, 0) is 10.0 Å². The van der Waals surface area contributed by atoms with Gasteiger partial charge in [0.05, 0.1) is 16.8 Å². The molecule has 8 heteroatoms. The maximum atomic E-state index is 12.8. The third-order valence-electron chi connectivity index (χ3n) is 3.92. The van der Waals surface area contributed by atoms with Crippen molar-refractivity contribution in [3.63, 3.8) is 0 Å². The molecule has 1 fully saturated rings. The SMILES string of the molecule is Cc1cncc(N2CCN(S(=O)(=O)c3cc(C)sc3C)CC2)n1. The lowest BCUT2D eigenvalue weighted by Gasteiger charge is -2.34. The number of nitrogens with zero attached hydrogens (tertiary/aromatic N) is 4. The van der Waals surface area contributed by atoms with Gasteiger partial charge < -0.3 is 4.90 Å². The van der Waals surface area contributed by atoms with E-state index >= 15 is 0 Å². The molecule has 0 spiro atoms. The van der Waals surface area contributed by atoms with Crippen molar-refractivity contribution < 1.29 is 8.42 Å². The van der Waals surface area contributed by atoms with Crippen LogP contribution in [0, 0.1) is 20.8 Å². The third-order valence-corrected chi connectivity index (χ3v) is 7.04. The standard InChI is InChI=1S/C15H20N4O2S2/c1-11-9-16-10-15(17-11)18-4-6-19(7-5-18)23(20,21)14-8-12(2)22-13(14)3/h8-10H,4-7H2,1-3H3. The largest absolute Gasteiger partial charge is 0.353 e. The molecule has 0 saturated carbocycles. The number of thiophene rings is 1. The summed E-state index contributed by atoms with van der Waals surface area (Å²) >= 11 is 1.52. The Morgan fingerprint density at radius 2 is 1.78 bits per heavy atom. The van der Waals surface area contributed by atoms with Crippen molar-refractivity contribution in [2.45, 2.75) is 25.7 Å². The van der Waals surface area contributed by atoms with Gasteiger partial charge in [-0.15, -0.1) is 11.3 Å². The van der Waals surface area contributed by atoms with Gasteiger partial charge in [0.1, 0.15) is 5.82 Å². The molecule has 0 atom stereocenters. The van der Waals surface area contributed by atoms with Crippen molar-refractivity contribution in [2.75, 3.05) is 31.1 Å². The lowest BCUT2D eigenvalue weighted by molar-refractivity contribution is 0.383. The number of anilines is 1. The molecule has 23 heavy (non-hydrogen) atoms. The van der Waals surface area contributed by atoms with Crippen LogP contribution in [0.1, 0.15) is 15.4 Å². The first kappa shape index (κ1) is 16.4.